The second-order valence-corrected chi connectivity index (χ2v) is 7.54. The molecule has 0 atom stereocenters. The van der Waals surface area contributed by atoms with Crippen LogP contribution in [0.2, 0.25) is 0 Å². The van der Waals surface area contributed by atoms with Crippen LogP contribution in [-0.4, -0.2) is 6.61 Å². The van der Waals surface area contributed by atoms with Gasteiger partial charge in [0.05, 0.1) is 6.61 Å². The number of hydrogen-bond acceptors (Lipinski definition) is 4. The van der Waals surface area contributed by atoms with E-state index in [1.807, 2.05) is 69.3 Å². The van der Waals surface area contributed by atoms with Gasteiger partial charge in [0.25, 0.3) is 0 Å². The highest BCUT2D eigenvalue weighted by Crippen LogP contribution is 2.50. The SMILES string of the molecule is CCOP(=S)(Oc1cccc(C)c1)Oc1cccc(C)c1. The summed E-state index contributed by atoms with van der Waals surface area (Å²) >= 11 is 5.50. The molecule has 2 aromatic rings. The molecule has 0 N–H and O–H groups in total. The third-order valence-electron chi connectivity index (χ3n) is 2.70. The Morgan fingerprint density at radius 2 is 1.38 bits per heavy atom. The fourth-order valence-electron chi connectivity index (χ4n) is 1.83. The molecule has 112 valence electrons. The van der Waals surface area contributed by atoms with Gasteiger partial charge in [-0.05, 0) is 56.2 Å². The van der Waals surface area contributed by atoms with Gasteiger partial charge in [0.1, 0.15) is 11.5 Å². The van der Waals surface area contributed by atoms with E-state index in [4.69, 9.17) is 25.4 Å². The van der Waals surface area contributed by atoms with Gasteiger partial charge in [-0.15, -0.1) is 0 Å². The Balaban J connectivity index is 2.21. The fraction of sp³-hybridized carbons (Fsp3) is 0.250. The van der Waals surface area contributed by atoms with Crippen LogP contribution in [0.3, 0.4) is 0 Å². The van der Waals surface area contributed by atoms with Crippen molar-refractivity contribution in [2.24, 2.45) is 0 Å². The quantitative estimate of drug-likeness (QED) is 0.698. The zero-order chi connectivity index (χ0) is 15.3. The average Bonchev–Trinajstić information content (AvgIpc) is 2.38. The molecule has 0 heterocycles. The molecule has 0 spiro atoms. The van der Waals surface area contributed by atoms with Crippen molar-refractivity contribution in [3.8, 4) is 11.5 Å². The van der Waals surface area contributed by atoms with E-state index in [1.54, 1.807) is 0 Å². The lowest BCUT2D eigenvalue weighted by molar-refractivity contribution is 0.276. The van der Waals surface area contributed by atoms with Gasteiger partial charge in [0.15, 0.2) is 0 Å². The first-order valence-corrected chi connectivity index (χ1v) is 9.33. The molecule has 2 aromatic carbocycles. The van der Waals surface area contributed by atoms with Gasteiger partial charge >= 0.3 is 6.72 Å². The van der Waals surface area contributed by atoms with Crippen molar-refractivity contribution < 1.29 is 13.6 Å². The van der Waals surface area contributed by atoms with E-state index >= 15 is 0 Å². The van der Waals surface area contributed by atoms with Crippen molar-refractivity contribution in [3.05, 3.63) is 59.7 Å². The van der Waals surface area contributed by atoms with E-state index in [2.05, 4.69) is 0 Å². The van der Waals surface area contributed by atoms with Crippen LogP contribution in [0.25, 0.3) is 0 Å². The first kappa shape index (κ1) is 16.0. The lowest BCUT2D eigenvalue weighted by Gasteiger charge is -2.22. The molecule has 0 aliphatic heterocycles. The highest BCUT2D eigenvalue weighted by Gasteiger charge is 2.24. The molecule has 0 saturated carbocycles. The van der Waals surface area contributed by atoms with Crippen LogP contribution in [0.5, 0.6) is 11.5 Å². The minimum Gasteiger partial charge on any atom is -0.416 e. The fourth-order valence-corrected chi connectivity index (χ4v) is 3.87. The molecule has 0 fully saturated rings. The van der Waals surface area contributed by atoms with Crippen LogP contribution >= 0.6 is 6.72 Å². The maximum absolute atomic E-state index is 5.85. The van der Waals surface area contributed by atoms with Crippen LogP contribution in [0.4, 0.5) is 0 Å². The Morgan fingerprint density at radius 1 is 0.905 bits per heavy atom. The summed E-state index contributed by atoms with van der Waals surface area (Å²) in [4.78, 5) is 0. The van der Waals surface area contributed by atoms with E-state index in [9.17, 15) is 0 Å². The molecule has 0 radical (unpaired) electrons. The van der Waals surface area contributed by atoms with Gasteiger partial charge in [-0.2, -0.15) is 0 Å². The van der Waals surface area contributed by atoms with Crippen molar-refractivity contribution in [2.75, 3.05) is 6.61 Å². The first-order valence-electron chi connectivity index (χ1n) is 6.78. The van der Waals surface area contributed by atoms with E-state index in [0.29, 0.717) is 18.1 Å². The summed E-state index contributed by atoms with van der Waals surface area (Å²) in [6.45, 7) is 3.44. The van der Waals surface area contributed by atoms with Crippen molar-refractivity contribution in [2.45, 2.75) is 20.8 Å². The standard InChI is InChI=1S/C16H19O3PS/c1-4-17-20(21,18-15-9-5-7-13(2)11-15)19-16-10-6-8-14(3)12-16/h5-12H,4H2,1-3H3. The number of aryl methyl sites for hydroxylation is 2. The number of hydrogen-bond donors (Lipinski definition) is 0. The van der Waals surface area contributed by atoms with Crippen LogP contribution in [0.1, 0.15) is 18.1 Å². The molecule has 0 saturated heterocycles. The first-order chi connectivity index (χ1) is 10.0. The summed E-state index contributed by atoms with van der Waals surface area (Å²) in [6.07, 6.45) is 0. The van der Waals surface area contributed by atoms with Crippen LogP contribution in [0.15, 0.2) is 48.5 Å². The summed E-state index contributed by atoms with van der Waals surface area (Å²) in [6, 6.07) is 15.4. The maximum Gasteiger partial charge on any atom is 0.434 e. The van der Waals surface area contributed by atoms with Gasteiger partial charge in [-0.3, -0.25) is 4.52 Å². The molecule has 0 aliphatic rings. The summed E-state index contributed by atoms with van der Waals surface area (Å²) in [5.74, 6) is 1.33. The van der Waals surface area contributed by atoms with E-state index in [0.717, 1.165) is 11.1 Å². The van der Waals surface area contributed by atoms with E-state index in [1.165, 1.54) is 0 Å². The largest absolute Gasteiger partial charge is 0.434 e. The molecule has 0 unspecified atom stereocenters. The van der Waals surface area contributed by atoms with Gasteiger partial charge < -0.3 is 9.05 Å². The predicted octanol–water partition coefficient (Wildman–Crippen LogP) is 5.02. The molecule has 2 rings (SSSR count). The molecule has 0 aliphatic carbocycles. The Kier molecular flexibility index (Phi) is 5.40. The summed E-state index contributed by atoms with van der Waals surface area (Å²) in [5.41, 5.74) is 2.20. The number of rotatable bonds is 6. The molecule has 0 aromatic heterocycles. The highest BCUT2D eigenvalue weighted by atomic mass is 32.5. The van der Waals surface area contributed by atoms with E-state index in [-0.39, 0.29) is 0 Å². The predicted molar refractivity (Wildman–Crippen MR) is 89.5 cm³/mol. The lowest BCUT2D eigenvalue weighted by Crippen LogP contribution is -2.04. The normalized spacial score (nSPS) is 11.2. The lowest BCUT2D eigenvalue weighted by atomic mass is 10.2. The molecule has 3 nitrogen and oxygen atoms in total. The third kappa shape index (κ3) is 4.85. The van der Waals surface area contributed by atoms with Crippen LogP contribution in [-0.2, 0) is 16.3 Å². The van der Waals surface area contributed by atoms with Crippen molar-refractivity contribution >= 4 is 18.5 Å². The van der Waals surface area contributed by atoms with Crippen molar-refractivity contribution in [3.63, 3.8) is 0 Å². The topological polar surface area (TPSA) is 27.7 Å². The third-order valence-corrected chi connectivity index (χ3v) is 4.91. The summed E-state index contributed by atoms with van der Waals surface area (Å²) < 4.78 is 17.3. The Labute approximate surface area is 131 Å². The highest BCUT2D eigenvalue weighted by molar-refractivity contribution is 8.07. The molecular weight excluding hydrogens is 303 g/mol. The van der Waals surface area contributed by atoms with Gasteiger partial charge in [-0.25, -0.2) is 0 Å². The van der Waals surface area contributed by atoms with E-state index < -0.39 is 6.72 Å². The summed E-state index contributed by atoms with van der Waals surface area (Å²) in [7, 11) is 0. The second kappa shape index (κ2) is 7.08. The van der Waals surface area contributed by atoms with Crippen molar-refractivity contribution in [1.82, 2.24) is 0 Å². The van der Waals surface area contributed by atoms with Gasteiger partial charge in [-0.1, -0.05) is 24.3 Å². The Hall–Kier alpha value is -1.35. The zero-order valence-electron chi connectivity index (χ0n) is 12.4. The number of benzene rings is 2. The minimum absolute atomic E-state index is 0.439. The van der Waals surface area contributed by atoms with Crippen LogP contribution in [0, 0.1) is 13.8 Å². The minimum atomic E-state index is -2.87. The smallest absolute Gasteiger partial charge is 0.416 e. The second-order valence-electron chi connectivity index (χ2n) is 4.68. The van der Waals surface area contributed by atoms with Crippen LogP contribution < -0.4 is 9.05 Å². The summed E-state index contributed by atoms with van der Waals surface area (Å²) in [5, 5.41) is 0. The average molecular weight is 322 g/mol. The Morgan fingerprint density at radius 3 is 1.76 bits per heavy atom. The molecule has 5 heteroatoms. The molecule has 0 bridgehead atoms. The maximum atomic E-state index is 5.85. The monoisotopic (exact) mass is 322 g/mol. The van der Waals surface area contributed by atoms with Gasteiger partial charge in [0.2, 0.25) is 0 Å². The Bertz CT molecular complexity index is 606. The zero-order valence-corrected chi connectivity index (χ0v) is 14.1. The van der Waals surface area contributed by atoms with Gasteiger partial charge in [0, 0.05) is 11.8 Å². The molecule has 21 heavy (non-hydrogen) atoms. The van der Waals surface area contributed by atoms with Crippen molar-refractivity contribution in [1.29, 1.82) is 0 Å². The molecule has 0 amide bonds. The molecular formula is C16H19O3PS.